The van der Waals surface area contributed by atoms with Crippen LogP contribution in [0.2, 0.25) is 5.02 Å². The van der Waals surface area contributed by atoms with E-state index in [9.17, 15) is 0 Å². The van der Waals surface area contributed by atoms with Crippen LogP contribution < -0.4 is 10.6 Å². The van der Waals surface area contributed by atoms with Crippen molar-refractivity contribution in [3.8, 4) is 0 Å². The van der Waals surface area contributed by atoms with E-state index in [1.165, 1.54) is 48.3 Å². The van der Waals surface area contributed by atoms with E-state index in [-0.39, 0.29) is 5.41 Å². The summed E-state index contributed by atoms with van der Waals surface area (Å²) in [5.41, 5.74) is 6.33. The van der Waals surface area contributed by atoms with Gasteiger partial charge in [0.2, 0.25) is 0 Å². The zero-order valence-electron chi connectivity index (χ0n) is 19.6. The van der Waals surface area contributed by atoms with E-state index in [2.05, 4.69) is 73.2 Å². The Morgan fingerprint density at radius 3 is 2.45 bits per heavy atom. The Balaban J connectivity index is 1.41. The summed E-state index contributed by atoms with van der Waals surface area (Å²) in [4.78, 5) is 2.61. The molecule has 0 unspecified atom stereocenters. The molecule has 0 aliphatic carbocycles. The number of halogens is 1. The molecule has 1 aliphatic rings. The first-order valence-electron chi connectivity index (χ1n) is 11.5. The van der Waals surface area contributed by atoms with Gasteiger partial charge in [0.25, 0.3) is 0 Å². The van der Waals surface area contributed by atoms with Crippen LogP contribution in [0.1, 0.15) is 55.7 Å². The smallest absolute Gasteiger partial charge is 0.0406 e. The first kappa shape index (κ1) is 23.7. The molecule has 2 aromatic rings. The first-order valence-corrected chi connectivity index (χ1v) is 11.9. The van der Waals surface area contributed by atoms with E-state index < -0.39 is 0 Å². The zero-order valence-corrected chi connectivity index (χ0v) is 20.4. The highest BCUT2D eigenvalue weighted by atomic mass is 35.5. The Labute approximate surface area is 193 Å². The molecule has 0 atom stereocenters. The van der Waals surface area contributed by atoms with Crippen molar-refractivity contribution in [1.82, 2.24) is 10.2 Å². The third kappa shape index (κ3) is 6.05. The summed E-state index contributed by atoms with van der Waals surface area (Å²) < 4.78 is 0. The fourth-order valence-electron chi connectivity index (χ4n) is 4.51. The third-order valence-corrected chi connectivity index (χ3v) is 7.16. The van der Waals surface area contributed by atoms with Crippen LogP contribution in [0.15, 0.2) is 54.7 Å². The van der Waals surface area contributed by atoms with Gasteiger partial charge in [0.15, 0.2) is 0 Å². The minimum absolute atomic E-state index is 0.122. The minimum atomic E-state index is -0.122. The third-order valence-electron chi connectivity index (χ3n) is 6.91. The van der Waals surface area contributed by atoms with Crippen LogP contribution in [0.3, 0.4) is 0 Å². The zero-order chi connectivity index (χ0) is 22.4. The van der Waals surface area contributed by atoms with Gasteiger partial charge in [-0.05, 0) is 92.7 Å². The molecule has 1 aliphatic heterocycles. The molecule has 0 spiro atoms. The van der Waals surface area contributed by atoms with Gasteiger partial charge < -0.3 is 15.5 Å². The normalized spacial score (nSPS) is 15.6. The average molecular weight is 440 g/mol. The number of hydrogen-bond acceptors (Lipinski definition) is 3. The molecule has 168 valence electrons. The second-order valence-electron chi connectivity index (χ2n) is 9.33. The molecule has 1 heterocycles. The Kier molecular flexibility index (Phi) is 8.07. The molecule has 2 aromatic carbocycles. The van der Waals surface area contributed by atoms with E-state index in [1.54, 1.807) is 0 Å². The maximum absolute atomic E-state index is 6.04. The topological polar surface area (TPSA) is 27.3 Å². The van der Waals surface area contributed by atoms with Crippen molar-refractivity contribution in [3.63, 3.8) is 0 Å². The lowest BCUT2D eigenvalue weighted by atomic mass is 9.82. The SMILES string of the molecule is C=C(NCCCN1CCC(c2cc(NC)ccc2C)CC1)C(C)(C)c1ccc(Cl)cc1. The van der Waals surface area contributed by atoms with Gasteiger partial charge >= 0.3 is 0 Å². The van der Waals surface area contributed by atoms with E-state index in [4.69, 9.17) is 11.6 Å². The molecule has 2 N–H and O–H groups in total. The first-order chi connectivity index (χ1) is 14.8. The number of anilines is 1. The number of allylic oxidation sites excluding steroid dienone is 1. The summed E-state index contributed by atoms with van der Waals surface area (Å²) in [6, 6.07) is 14.8. The molecule has 0 saturated carbocycles. The van der Waals surface area contributed by atoms with Crippen molar-refractivity contribution in [2.45, 2.75) is 51.4 Å². The standard InChI is InChI=1S/C27H38ClN3/c1-20-7-12-25(29-5)19-26(20)22-13-17-31(18-14-22)16-6-15-30-21(2)27(3,4)23-8-10-24(28)11-9-23/h7-12,19,22,29-30H,2,6,13-18H2,1,3-5H3. The lowest BCUT2D eigenvalue weighted by Crippen LogP contribution is -2.36. The predicted molar refractivity (Wildman–Crippen MR) is 135 cm³/mol. The number of nitrogens with zero attached hydrogens (tertiary/aromatic N) is 1. The quantitative estimate of drug-likeness (QED) is 0.446. The van der Waals surface area contributed by atoms with Gasteiger partial charge in [0, 0.05) is 35.4 Å². The Bertz CT molecular complexity index is 865. The minimum Gasteiger partial charge on any atom is -0.388 e. The van der Waals surface area contributed by atoms with Gasteiger partial charge in [-0.25, -0.2) is 0 Å². The monoisotopic (exact) mass is 439 g/mol. The van der Waals surface area contributed by atoms with E-state index in [1.807, 2.05) is 19.2 Å². The molecule has 1 fully saturated rings. The molecule has 0 radical (unpaired) electrons. The maximum atomic E-state index is 6.04. The van der Waals surface area contributed by atoms with E-state index in [0.717, 1.165) is 30.2 Å². The average Bonchev–Trinajstić information content (AvgIpc) is 2.77. The summed E-state index contributed by atoms with van der Waals surface area (Å²) in [6.45, 7) is 15.4. The van der Waals surface area contributed by atoms with Crippen LogP contribution in [-0.4, -0.2) is 38.1 Å². The molecule has 3 nitrogen and oxygen atoms in total. The van der Waals surface area contributed by atoms with E-state index in [0.29, 0.717) is 5.92 Å². The molecule has 31 heavy (non-hydrogen) atoms. The number of hydrogen-bond donors (Lipinski definition) is 2. The Morgan fingerprint density at radius 1 is 1.13 bits per heavy atom. The van der Waals surface area contributed by atoms with E-state index >= 15 is 0 Å². The highest BCUT2D eigenvalue weighted by molar-refractivity contribution is 6.30. The maximum Gasteiger partial charge on any atom is 0.0406 e. The van der Waals surface area contributed by atoms with Crippen molar-refractivity contribution in [3.05, 3.63) is 76.5 Å². The van der Waals surface area contributed by atoms with Crippen LogP contribution in [0, 0.1) is 6.92 Å². The molecular weight excluding hydrogens is 402 g/mol. The van der Waals surface area contributed by atoms with Gasteiger partial charge in [-0.1, -0.05) is 50.2 Å². The highest BCUT2D eigenvalue weighted by Crippen LogP contribution is 2.32. The molecule has 3 rings (SSSR count). The summed E-state index contributed by atoms with van der Waals surface area (Å²) in [7, 11) is 2.00. The van der Waals surface area contributed by atoms with Gasteiger partial charge in [0.05, 0.1) is 0 Å². The van der Waals surface area contributed by atoms with Gasteiger partial charge in [-0.2, -0.15) is 0 Å². The lowest BCUT2D eigenvalue weighted by Gasteiger charge is -2.33. The molecule has 0 bridgehead atoms. The summed E-state index contributed by atoms with van der Waals surface area (Å²) >= 11 is 6.04. The fraction of sp³-hybridized carbons (Fsp3) is 0.481. The lowest BCUT2D eigenvalue weighted by molar-refractivity contribution is 0.210. The molecule has 1 saturated heterocycles. The number of benzene rings is 2. The molecule has 0 amide bonds. The second-order valence-corrected chi connectivity index (χ2v) is 9.76. The number of piperidine rings is 1. The highest BCUT2D eigenvalue weighted by Gasteiger charge is 2.25. The number of rotatable bonds is 9. The van der Waals surface area contributed by atoms with Crippen LogP contribution in [0.25, 0.3) is 0 Å². The van der Waals surface area contributed by atoms with Crippen molar-refractivity contribution in [2.75, 3.05) is 38.5 Å². The molecule has 4 heteroatoms. The summed E-state index contributed by atoms with van der Waals surface area (Å²) in [5, 5.41) is 7.62. The van der Waals surface area contributed by atoms with Crippen molar-refractivity contribution in [2.24, 2.45) is 0 Å². The van der Waals surface area contributed by atoms with Gasteiger partial charge in [-0.3, -0.25) is 0 Å². The van der Waals surface area contributed by atoms with Gasteiger partial charge in [-0.15, -0.1) is 0 Å². The number of nitrogens with one attached hydrogen (secondary N) is 2. The summed E-state index contributed by atoms with van der Waals surface area (Å²) in [5.74, 6) is 0.683. The van der Waals surface area contributed by atoms with Crippen LogP contribution >= 0.6 is 11.6 Å². The molecule has 0 aromatic heterocycles. The largest absolute Gasteiger partial charge is 0.388 e. The fourth-order valence-corrected chi connectivity index (χ4v) is 4.63. The number of likely N-dealkylation sites (tertiary alicyclic amines) is 1. The Hall–Kier alpha value is -1.97. The summed E-state index contributed by atoms with van der Waals surface area (Å²) in [6.07, 6.45) is 3.63. The predicted octanol–water partition coefficient (Wildman–Crippen LogP) is 6.34. The number of aryl methyl sites for hydroxylation is 1. The molecular formula is C27H38ClN3. The van der Waals surface area contributed by atoms with Crippen molar-refractivity contribution >= 4 is 17.3 Å². The van der Waals surface area contributed by atoms with Gasteiger partial charge in [0.1, 0.15) is 0 Å². The van der Waals surface area contributed by atoms with Crippen LogP contribution in [-0.2, 0) is 5.41 Å². The van der Waals surface area contributed by atoms with Crippen molar-refractivity contribution < 1.29 is 0 Å². The van der Waals surface area contributed by atoms with Crippen LogP contribution in [0.5, 0.6) is 0 Å². The Morgan fingerprint density at radius 2 is 1.81 bits per heavy atom. The second kappa shape index (κ2) is 10.6. The van der Waals surface area contributed by atoms with Crippen molar-refractivity contribution in [1.29, 1.82) is 0 Å². The van der Waals surface area contributed by atoms with Crippen LogP contribution in [0.4, 0.5) is 5.69 Å².